The number of hydrogen-bond donors (Lipinski definition) is 4. The number of rotatable bonds is 24. The molecule has 5 rings (SSSR count). The summed E-state index contributed by atoms with van der Waals surface area (Å²) < 4.78 is 40.3. The molecule has 0 saturated carbocycles. The minimum atomic E-state index is -1.09. The van der Waals surface area contributed by atoms with Crippen molar-refractivity contribution in [2.24, 2.45) is 0 Å². The average Bonchev–Trinajstić information content (AvgIpc) is 3.78. The summed E-state index contributed by atoms with van der Waals surface area (Å²) in [5, 5.41) is 35.3. The maximum absolute atomic E-state index is 12.3. The van der Waals surface area contributed by atoms with E-state index in [1.165, 1.54) is 7.11 Å². The standard InChI is InChI=1S/C51H65NO11/c1-48(2,35-15-10-19-40(25-35)59-32-39(53)31-57-9)37-17-12-21-42(27-37)62-50(5,6)45(54)33-60-41-20-11-16-36(26-41)49(3,4)38-18-13-22-43(28-38)63-51(7,8)46(55)34-61-47(56)30-52-29-44-23-14-24-58-44/h10-28,39,45-46,52-55H,29-34H2,1-9H3. The zero-order valence-corrected chi connectivity index (χ0v) is 38.1. The van der Waals surface area contributed by atoms with Crippen molar-refractivity contribution in [1.29, 1.82) is 0 Å². The summed E-state index contributed by atoms with van der Waals surface area (Å²) in [5.41, 5.74) is 1.01. The Hall–Kier alpha value is -5.37. The van der Waals surface area contributed by atoms with Gasteiger partial charge >= 0.3 is 5.97 Å². The molecule has 0 aliphatic rings. The van der Waals surface area contributed by atoms with Gasteiger partial charge in [0.2, 0.25) is 0 Å². The summed E-state index contributed by atoms with van der Waals surface area (Å²) in [6.07, 6.45) is -1.23. The first-order chi connectivity index (χ1) is 29.8. The number of benzene rings is 4. The van der Waals surface area contributed by atoms with Gasteiger partial charge in [0.1, 0.15) is 78.1 Å². The molecule has 0 amide bonds. The number of nitrogens with one attached hydrogen (secondary N) is 1. The molecule has 1 heterocycles. The Morgan fingerprint density at radius 2 is 1.03 bits per heavy atom. The van der Waals surface area contributed by atoms with Crippen molar-refractivity contribution in [3.8, 4) is 23.0 Å². The topological polar surface area (TPSA) is 158 Å². The fraction of sp³-hybridized carbons (Fsp3) is 0.431. The van der Waals surface area contributed by atoms with Gasteiger partial charge in [0.25, 0.3) is 0 Å². The predicted molar refractivity (Wildman–Crippen MR) is 242 cm³/mol. The number of carbonyl (C=O) groups is 1. The minimum Gasteiger partial charge on any atom is -0.491 e. The van der Waals surface area contributed by atoms with E-state index in [1.54, 1.807) is 32.2 Å². The lowest BCUT2D eigenvalue weighted by molar-refractivity contribution is -0.150. The Kier molecular flexibility index (Phi) is 16.5. The van der Waals surface area contributed by atoms with Crippen LogP contribution in [-0.4, -0.2) is 90.9 Å². The normalized spacial score (nSPS) is 13.8. The molecule has 0 saturated heterocycles. The zero-order chi connectivity index (χ0) is 45.8. The molecule has 3 atom stereocenters. The van der Waals surface area contributed by atoms with Crippen LogP contribution in [0.3, 0.4) is 0 Å². The van der Waals surface area contributed by atoms with Crippen LogP contribution < -0.4 is 24.3 Å². The lowest BCUT2D eigenvalue weighted by Gasteiger charge is -2.33. The van der Waals surface area contributed by atoms with Gasteiger partial charge in [0.05, 0.1) is 26.0 Å². The fourth-order valence-corrected chi connectivity index (χ4v) is 6.86. The maximum atomic E-state index is 12.3. The second-order valence-corrected chi connectivity index (χ2v) is 17.9. The maximum Gasteiger partial charge on any atom is 0.320 e. The number of carbonyl (C=O) groups excluding carboxylic acids is 1. The van der Waals surface area contributed by atoms with Crippen LogP contribution in [0.5, 0.6) is 23.0 Å². The van der Waals surface area contributed by atoms with Gasteiger partial charge in [-0.25, -0.2) is 0 Å². The minimum absolute atomic E-state index is 0.00849. The first-order valence-corrected chi connectivity index (χ1v) is 21.3. The Bertz CT molecular complexity index is 2200. The van der Waals surface area contributed by atoms with E-state index in [9.17, 15) is 20.1 Å². The van der Waals surface area contributed by atoms with E-state index in [-0.39, 0.29) is 33.0 Å². The lowest BCUT2D eigenvalue weighted by atomic mass is 9.78. The van der Waals surface area contributed by atoms with Crippen molar-refractivity contribution < 1.29 is 53.0 Å². The molecular weight excluding hydrogens is 803 g/mol. The number of aliphatic hydroxyl groups excluding tert-OH is 3. The summed E-state index contributed by atoms with van der Waals surface area (Å²) in [6, 6.07) is 34.7. The molecule has 1 aromatic heterocycles. The molecule has 340 valence electrons. The number of furan rings is 1. The molecule has 12 heteroatoms. The summed E-state index contributed by atoms with van der Waals surface area (Å²) in [5.74, 6) is 2.63. The van der Waals surface area contributed by atoms with E-state index in [0.717, 1.165) is 22.3 Å². The van der Waals surface area contributed by atoms with Gasteiger partial charge in [-0.2, -0.15) is 0 Å². The molecule has 0 aliphatic heterocycles. The van der Waals surface area contributed by atoms with Crippen LogP contribution in [0.4, 0.5) is 0 Å². The molecule has 12 nitrogen and oxygen atoms in total. The van der Waals surface area contributed by atoms with Crippen LogP contribution in [0.2, 0.25) is 0 Å². The summed E-state index contributed by atoms with van der Waals surface area (Å²) in [4.78, 5) is 12.3. The van der Waals surface area contributed by atoms with Crippen LogP contribution in [-0.2, 0) is 31.6 Å². The third-order valence-electron chi connectivity index (χ3n) is 11.3. The van der Waals surface area contributed by atoms with Crippen molar-refractivity contribution >= 4 is 5.97 Å². The SMILES string of the molecule is COCC(O)COc1cccc(C(C)(C)c2cccc(OC(C)(C)C(O)COc3cccc(C(C)(C)c4cccc(OC(C)(C)C(O)COC(=O)CNCc5ccco5)c4)c3)c2)c1. The van der Waals surface area contributed by atoms with Gasteiger partial charge in [-0.3, -0.25) is 10.1 Å². The largest absolute Gasteiger partial charge is 0.491 e. The zero-order valence-electron chi connectivity index (χ0n) is 38.1. The molecule has 0 radical (unpaired) electrons. The molecular formula is C51H65NO11. The lowest BCUT2D eigenvalue weighted by Crippen LogP contribution is -2.45. The summed E-state index contributed by atoms with van der Waals surface area (Å²) >= 11 is 0. The highest BCUT2D eigenvalue weighted by molar-refractivity contribution is 5.71. The molecule has 0 bridgehead atoms. The molecule has 0 spiro atoms. The van der Waals surface area contributed by atoms with Crippen LogP contribution in [0, 0.1) is 0 Å². The molecule has 0 fully saturated rings. The van der Waals surface area contributed by atoms with E-state index < -0.39 is 46.3 Å². The third kappa shape index (κ3) is 13.6. The van der Waals surface area contributed by atoms with Crippen molar-refractivity contribution in [1.82, 2.24) is 5.32 Å². The van der Waals surface area contributed by atoms with Gasteiger partial charge in [0.15, 0.2) is 0 Å². The van der Waals surface area contributed by atoms with E-state index in [4.69, 9.17) is 32.8 Å². The van der Waals surface area contributed by atoms with E-state index >= 15 is 0 Å². The Labute approximate surface area is 372 Å². The number of aliphatic hydroxyl groups is 3. The van der Waals surface area contributed by atoms with Gasteiger partial charge < -0.3 is 48.2 Å². The highest BCUT2D eigenvalue weighted by atomic mass is 16.6. The number of hydrogen-bond acceptors (Lipinski definition) is 12. The Morgan fingerprint density at radius 1 is 0.587 bits per heavy atom. The van der Waals surface area contributed by atoms with Gasteiger partial charge in [-0.15, -0.1) is 0 Å². The van der Waals surface area contributed by atoms with Crippen molar-refractivity contribution in [2.75, 3.05) is 40.1 Å². The molecule has 4 aromatic carbocycles. The quantitative estimate of drug-likeness (QED) is 0.0448. The first kappa shape index (κ1) is 48.7. The van der Waals surface area contributed by atoms with Crippen LogP contribution in [0.1, 0.15) is 83.4 Å². The monoisotopic (exact) mass is 867 g/mol. The number of ether oxygens (including phenoxy) is 6. The van der Waals surface area contributed by atoms with E-state index in [2.05, 4.69) is 33.0 Å². The van der Waals surface area contributed by atoms with E-state index in [1.807, 2.05) is 111 Å². The van der Waals surface area contributed by atoms with Crippen LogP contribution >= 0.6 is 0 Å². The van der Waals surface area contributed by atoms with Crippen molar-refractivity contribution in [3.05, 3.63) is 143 Å². The van der Waals surface area contributed by atoms with Crippen LogP contribution in [0.15, 0.2) is 120 Å². The van der Waals surface area contributed by atoms with Crippen LogP contribution in [0.25, 0.3) is 0 Å². The number of methoxy groups -OCH3 is 1. The molecule has 5 aromatic rings. The molecule has 3 unspecified atom stereocenters. The highest BCUT2D eigenvalue weighted by Crippen LogP contribution is 2.37. The summed E-state index contributed by atoms with van der Waals surface area (Å²) in [7, 11) is 1.54. The van der Waals surface area contributed by atoms with Gasteiger partial charge in [0, 0.05) is 17.9 Å². The Balaban J connectivity index is 1.16. The second-order valence-electron chi connectivity index (χ2n) is 17.9. The van der Waals surface area contributed by atoms with E-state index in [0.29, 0.717) is 35.3 Å². The fourth-order valence-electron chi connectivity index (χ4n) is 6.86. The predicted octanol–water partition coefficient (Wildman–Crippen LogP) is 7.77. The smallest absolute Gasteiger partial charge is 0.320 e. The highest BCUT2D eigenvalue weighted by Gasteiger charge is 2.34. The molecule has 63 heavy (non-hydrogen) atoms. The summed E-state index contributed by atoms with van der Waals surface area (Å²) in [6.45, 7) is 16.1. The second kappa shape index (κ2) is 21.3. The van der Waals surface area contributed by atoms with Gasteiger partial charge in [-0.05, 0) is 111 Å². The van der Waals surface area contributed by atoms with Crippen molar-refractivity contribution in [3.63, 3.8) is 0 Å². The molecule has 0 aliphatic carbocycles. The Morgan fingerprint density at radius 3 is 1.49 bits per heavy atom. The van der Waals surface area contributed by atoms with Crippen molar-refractivity contribution in [2.45, 2.75) is 102 Å². The average molecular weight is 868 g/mol. The number of esters is 1. The molecule has 4 N–H and O–H groups in total. The first-order valence-electron chi connectivity index (χ1n) is 21.3. The third-order valence-corrected chi connectivity index (χ3v) is 11.3. The van der Waals surface area contributed by atoms with Gasteiger partial charge in [-0.1, -0.05) is 76.2 Å².